The van der Waals surface area contributed by atoms with Crippen LogP contribution in [0, 0.1) is 0 Å². The number of amides is 1. The van der Waals surface area contributed by atoms with Crippen LogP contribution in [0.5, 0.6) is 0 Å². The van der Waals surface area contributed by atoms with Crippen molar-refractivity contribution in [1.82, 2.24) is 4.98 Å². The first kappa shape index (κ1) is 13.2. The maximum absolute atomic E-state index is 12.0. The number of methoxy groups -OCH3 is 1. The van der Waals surface area contributed by atoms with Gasteiger partial charge in [-0.3, -0.25) is 4.79 Å². The summed E-state index contributed by atoms with van der Waals surface area (Å²) in [6.45, 7) is 0. The van der Waals surface area contributed by atoms with Crippen molar-refractivity contribution in [2.45, 2.75) is 0 Å². The number of rotatable bonds is 3. The molecule has 6 heteroatoms. The molecule has 5 nitrogen and oxygen atoms in total. The summed E-state index contributed by atoms with van der Waals surface area (Å²) in [6.07, 6.45) is 0. The standard InChI is InChI=1S/C13H11ClN2O3/c1-19-13(18)10-6-7-11(15-10)16-12(17)8-4-2-3-5-9(8)14/h2-7,15H,1H3,(H,16,17). The number of anilines is 1. The summed E-state index contributed by atoms with van der Waals surface area (Å²) in [5.74, 6) is -0.465. The highest BCUT2D eigenvalue weighted by Gasteiger charge is 2.12. The highest BCUT2D eigenvalue weighted by Crippen LogP contribution is 2.17. The highest BCUT2D eigenvalue weighted by molar-refractivity contribution is 6.34. The Hall–Kier alpha value is -2.27. The van der Waals surface area contributed by atoms with Crippen LogP contribution in [-0.2, 0) is 4.74 Å². The molecule has 0 saturated heterocycles. The molecular weight excluding hydrogens is 268 g/mol. The lowest BCUT2D eigenvalue weighted by Crippen LogP contribution is -2.13. The maximum atomic E-state index is 12.0. The molecule has 1 heterocycles. The smallest absolute Gasteiger partial charge is 0.354 e. The van der Waals surface area contributed by atoms with Gasteiger partial charge in [0.1, 0.15) is 11.5 Å². The van der Waals surface area contributed by atoms with E-state index in [0.29, 0.717) is 16.4 Å². The van der Waals surface area contributed by atoms with Gasteiger partial charge in [0.05, 0.1) is 17.7 Å². The molecule has 0 bridgehead atoms. The Morgan fingerprint density at radius 2 is 1.95 bits per heavy atom. The minimum Gasteiger partial charge on any atom is -0.464 e. The molecule has 0 unspecified atom stereocenters. The fraction of sp³-hybridized carbons (Fsp3) is 0.0769. The molecule has 0 fully saturated rings. The topological polar surface area (TPSA) is 71.2 Å². The van der Waals surface area contributed by atoms with Gasteiger partial charge in [-0.1, -0.05) is 23.7 Å². The number of halogens is 1. The molecule has 19 heavy (non-hydrogen) atoms. The number of aromatic nitrogens is 1. The van der Waals surface area contributed by atoms with Gasteiger partial charge in [-0.2, -0.15) is 0 Å². The predicted molar refractivity (Wildman–Crippen MR) is 71.5 cm³/mol. The molecule has 2 N–H and O–H groups in total. The third-order valence-electron chi connectivity index (χ3n) is 2.46. The summed E-state index contributed by atoms with van der Waals surface area (Å²) in [5.41, 5.74) is 0.621. The average Bonchev–Trinajstić information content (AvgIpc) is 2.86. The molecule has 0 aliphatic heterocycles. The van der Waals surface area contributed by atoms with E-state index < -0.39 is 5.97 Å². The molecule has 1 amide bonds. The van der Waals surface area contributed by atoms with Crippen LogP contribution in [0.25, 0.3) is 0 Å². The normalized spacial score (nSPS) is 10.0. The van der Waals surface area contributed by atoms with E-state index in [9.17, 15) is 9.59 Å². The Kier molecular flexibility index (Phi) is 3.87. The third-order valence-corrected chi connectivity index (χ3v) is 2.79. The number of esters is 1. The van der Waals surface area contributed by atoms with Crippen molar-refractivity contribution >= 4 is 29.3 Å². The van der Waals surface area contributed by atoms with E-state index in [2.05, 4.69) is 15.0 Å². The maximum Gasteiger partial charge on any atom is 0.354 e. The first-order valence-corrected chi connectivity index (χ1v) is 5.83. The molecule has 0 spiro atoms. The van der Waals surface area contributed by atoms with Crippen molar-refractivity contribution < 1.29 is 14.3 Å². The summed E-state index contributed by atoms with van der Waals surface area (Å²) < 4.78 is 4.55. The first-order chi connectivity index (χ1) is 9.11. The van der Waals surface area contributed by atoms with Gasteiger partial charge >= 0.3 is 5.97 Å². The van der Waals surface area contributed by atoms with Gasteiger partial charge < -0.3 is 15.0 Å². The average molecular weight is 279 g/mol. The zero-order valence-electron chi connectivity index (χ0n) is 10.1. The molecule has 0 atom stereocenters. The number of hydrogen-bond acceptors (Lipinski definition) is 3. The molecule has 0 radical (unpaired) electrons. The molecule has 0 aliphatic rings. The largest absolute Gasteiger partial charge is 0.464 e. The zero-order chi connectivity index (χ0) is 13.8. The second-order valence-corrected chi connectivity index (χ2v) is 4.12. The molecule has 0 saturated carbocycles. The number of H-pyrrole nitrogens is 1. The molecule has 98 valence electrons. The van der Waals surface area contributed by atoms with Crippen LogP contribution in [0.1, 0.15) is 20.8 Å². The molecule has 1 aromatic heterocycles. The fourth-order valence-electron chi connectivity index (χ4n) is 1.53. The number of hydrogen-bond donors (Lipinski definition) is 2. The van der Waals surface area contributed by atoms with E-state index >= 15 is 0 Å². The predicted octanol–water partition coefficient (Wildman–Crippen LogP) is 2.71. The first-order valence-electron chi connectivity index (χ1n) is 5.45. The molecule has 1 aromatic carbocycles. The summed E-state index contributed by atoms with van der Waals surface area (Å²) in [4.78, 5) is 25.9. The lowest BCUT2D eigenvalue weighted by Gasteiger charge is -2.04. The van der Waals surface area contributed by atoms with Crippen LogP contribution in [0.15, 0.2) is 36.4 Å². The second kappa shape index (κ2) is 5.58. The van der Waals surface area contributed by atoms with Crippen LogP contribution in [0.3, 0.4) is 0 Å². The Bertz CT molecular complexity index is 622. The van der Waals surface area contributed by atoms with Gasteiger partial charge in [0.15, 0.2) is 0 Å². The molecular formula is C13H11ClN2O3. The van der Waals surface area contributed by atoms with Crippen LogP contribution >= 0.6 is 11.6 Å². The Morgan fingerprint density at radius 3 is 2.63 bits per heavy atom. The van der Waals surface area contributed by atoms with E-state index in [-0.39, 0.29) is 11.6 Å². The van der Waals surface area contributed by atoms with E-state index in [0.717, 1.165) is 0 Å². The van der Waals surface area contributed by atoms with Gasteiger partial charge in [-0.15, -0.1) is 0 Å². The van der Waals surface area contributed by atoms with Crippen LogP contribution < -0.4 is 5.32 Å². The van der Waals surface area contributed by atoms with Crippen molar-refractivity contribution in [1.29, 1.82) is 0 Å². The monoisotopic (exact) mass is 278 g/mol. The van der Waals surface area contributed by atoms with E-state index in [4.69, 9.17) is 11.6 Å². The van der Waals surface area contributed by atoms with Gasteiger partial charge in [-0.25, -0.2) is 4.79 Å². The third kappa shape index (κ3) is 2.95. The number of nitrogens with one attached hydrogen (secondary N) is 2. The molecule has 2 rings (SSSR count). The number of aromatic amines is 1. The summed E-state index contributed by atoms with van der Waals surface area (Å²) in [6, 6.07) is 9.79. The highest BCUT2D eigenvalue weighted by atomic mass is 35.5. The lowest BCUT2D eigenvalue weighted by molar-refractivity contribution is 0.0594. The number of carbonyl (C=O) groups excluding carboxylic acids is 2. The lowest BCUT2D eigenvalue weighted by atomic mass is 10.2. The van der Waals surface area contributed by atoms with Crippen molar-refractivity contribution in [3.63, 3.8) is 0 Å². The van der Waals surface area contributed by atoms with Gasteiger partial charge in [0.25, 0.3) is 5.91 Å². The van der Waals surface area contributed by atoms with Gasteiger partial charge in [0.2, 0.25) is 0 Å². The second-order valence-electron chi connectivity index (χ2n) is 3.71. The summed E-state index contributed by atoms with van der Waals surface area (Å²) in [5, 5.41) is 2.97. The Labute approximate surface area is 114 Å². The molecule has 2 aromatic rings. The Morgan fingerprint density at radius 1 is 1.21 bits per heavy atom. The van der Waals surface area contributed by atoms with Crippen LogP contribution in [-0.4, -0.2) is 24.0 Å². The number of ether oxygens (including phenoxy) is 1. The summed E-state index contributed by atoms with van der Waals surface area (Å²) in [7, 11) is 1.28. The van der Waals surface area contributed by atoms with Crippen LogP contribution in [0.4, 0.5) is 5.82 Å². The minimum atomic E-state index is -0.502. The number of benzene rings is 1. The summed E-state index contributed by atoms with van der Waals surface area (Å²) >= 11 is 5.92. The molecule has 0 aliphatic carbocycles. The van der Waals surface area contributed by atoms with Crippen molar-refractivity contribution in [2.75, 3.05) is 12.4 Å². The zero-order valence-corrected chi connectivity index (χ0v) is 10.8. The van der Waals surface area contributed by atoms with Crippen molar-refractivity contribution in [2.24, 2.45) is 0 Å². The van der Waals surface area contributed by atoms with Crippen molar-refractivity contribution in [3.8, 4) is 0 Å². The van der Waals surface area contributed by atoms with Crippen LogP contribution in [0.2, 0.25) is 5.02 Å². The SMILES string of the molecule is COC(=O)c1ccc(NC(=O)c2ccccc2Cl)[nH]1. The Balaban J connectivity index is 2.14. The fourth-order valence-corrected chi connectivity index (χ4v) is 1.75. The quantitative estimate of drug-likeness (QED) is 0.848. The van der Waals surface area contributed by atoms with E-state index in [1.807, 2.05) is 0 Å². The van der Waals surface area contributed by atoms with E-state index in [1.165, 1.54) is 13.2 Å². The van der Waals surface area contributed by atoms with Crippen molar-refractivity contribution in [3.05, 3.63) is 52.7 Å². The minimum absolute atomic E-state index is 0.261. The number of carbonyl (C=O) groups is 2. The van der Waals surface area contributed by atoms with Gasteiger partial charge in [-0.05, 0) is 24.3 Å². The van der Waals surface area contributed by atoms with E-state index in [1.54, 1.807) is 30.3 Å². The van der Waals surface area contributed by atoms with Gasteiger partial charge in [0, 0.05) is 0 Å².